The maximum absolute atomic E-state index is 13.2. The number of amides is 1. The third-order valence-electron chi connectivity index (χ3n) is 1.92. The number of hydrogen-bond donors (Lipinski definition) is 1. The molecule has 0 radical (unpaired) electrons. The highest BCUT2D eigenvalue weighted by Gasteiger charge is 2.15. The molecule has 2 heterocycles. The van der Waals surface area contributed by atoms with Crippen molar-refractivity contribution in [2.75, 3.05) is 5.32 Å². The van der Waals surface area contributed by atoms with E-state index in [9.17, 15) is 13.6 Å². The SMILES string of the molecule is Cc1nnsc1C(=O)Nc1ccc(F)nc1F. The molecule has 0 saturated heterocycles. The topological polar surface area (TPSA) is 67.8 Å². The Morgan fingerprint density at radius 1 is 1.41 bits per heavy atom. The van der Waals surface area contributed by atoms with Gasteiger partial charge in [0.15, 0.2) is 0 Å². The molecule has 1 amide bonds. The summed E-state index contributed by atoms with van der Waals surface area (Å²) in [4.78, 5) is 14.9. The summed E-state index contributed by atoms with van der Waals surface area (Å²) in [7, 11) is 0. The largest absolute Gasteiger partial charge is 0.317 e. The molecule has 0 bridgehead atoms. The molecule has 0 unspecified atom stereocenters. The Labute approximate surface area is 98.7 Å². The van der Waals surface area contributed by atoms with Gasteiger partial charge >= 0.3 is 0 Å². The van der Waals surface area contributed by atoms with Crippen molar-refractivity contribution in [3.63, 3.8) is 0 Å². The quantitative estimate of drug-likeness (QED) is 0.831. The number of nitrogens with one attached hydrogen (secondary N) is 1. The molecule has 2 aromatic rings. The average molecular weight is 256 g/mol. The maximum Gasteiger partial charge on any atom is 0.269 e. The monoisotopic (exact) mass is 256 g/mol. The van der Waals surface area contributed by atoms with Gasteiger partial charge in [0, 0.05) is 0 Å². The molecule has 2 aromatic heterocycles. The first kappa shape index (κ1) is 11.5. The highest BCUT2D eigenvalue weighted by atomic mass is 32.1. The number of aryl methyl sites for hydroxylation is 1. The Hall–Kier alpha value is -1.96. The van der Waals surface area contributed by atoms with Gasteiger partial charge in [-0.2, -0.15) is 13.8 Å². The summed E-state index contributed by atoms with van der Waals surface area (Å²) in [5, 5.41) is 5.92. The zero-order chi connectivity index (χ0) is 12.4. The van der Waals surface area contributed by atoms with Gasteiger partial charge in [0.05, 0.1) is 11.4 Å². The molecule has 8 heteroatoms. The van der Waals surface area contributed by atoms with E-state index < -0.39 is 17.8 Å². The second-order valence-corrected chi connectivity index (χ2v) is 3.87. The van der Waals surface area contributed by atoms with Crippen molar-refractivity contribution in [1.82, 2.24) is 14.6 Å². The number of aromatic nitrogens is 3. The maximum atomic E-state index is 13.2. The fourth-order valence-corrected chi connectivity index (χ4v) is 1.68. The lowest BCUT2D eigenvalue weighted by atomic mass is 10.3. The van der Waals surface area contributed by atoms with Crippen molar-refractivity contribution in [1.29, 1.82) is 0 Å². The van der Waals surface area contributed by atoms with Crippen LogP contribution < -0.4 is 5.32 Å². The van der Waals surface area contributed by atoms with Gasteiger partial charge in [0.2, 0.25) is 11.9 Å². The number of halogens is 2. The van der Waals surface area contributed by atoms with E-state index in [2.05, 4.69) is 19.9 Å². The minimum absolute atomic E-state index is 0.191. The molecule has 5 nitrogen and oxygen atoms in total. The van der Waals surface area contributed by atoms with Crippen molar-refractivity contribution in [3.05, 3.63) is 34.6 Å². The van der Waals surface area contributed by atoms with Crippen LogP contribution in [0, 0.1) is 18.8 Å². The molecular weight excluding hydrogens is 250 g/mol. The van der Waals surface area contributed by atoms with E-state index in [-0.39, 0.29) is 10.6 Å². The van der Waals surface area contributed by atoms with Crippen LogP contribution in [-0.2, 0) is 0 Å². The summed E-state index contributed by atoms with van der Waals surface area (Å²) in [5.41, 5.74) is 0.257. The molecule has 0 fully saturated rings. The highest BCUT2D eigenvalue weighted by molar-refractivity contribution is 7.08. The van der Waals surface area contributed by atoms with Crippen molar-refractivity contribution < 1.29 is 13.6 Å². The highest BCUT2D eigenvalue weighted by Crippen LogP contribution is 2.15. The van der Waals surface area contributed by atoms with Gasteiger partial charge in [0.1, 0.15) is 4.88 Å². The van der Waals surface area contributed by atoms with E-state index in [4.69, 9.17) is 0 Å². The normalized spacial score (nSPS) is 10.3. The molecule has 0 aliphatic carbocycles. The molecule has 2 rings (SSSR count). The van der Waals surface area contributed by atoms with Gasteiger partial charge in [-0.25, -0.2) is 0 Å². The number of nitrogens with zero attached hydrogens (tertiary/aromatic N) is 3. The number of carbonyl (C=O) groups excluding carboxylic acids is 1. The van der Waals surface area contributed by atoms with E-state index in [0.29, 0.717) is 5.69 Å². The van der Waals surface area contributed by atoms with Crippen molar-refractivity contribution in [3.8, 4) is 0 Å². The Balaban J connectivity index is 2.22. The van der Waals surface area contributed by atoms with Crippen LogP contribution in [-0.4, -0.2) is 20.5 Å². The first-order chi connectivity index (χ1) is 8.08. The number of rotatable bonds is 2. The van der Waals surface area contributed by atoms with Crippen LogP contribution in [0.4, 0.5) is 14.5 Å². The Bertz CT molecular complexity index is 572. The molecule has 0 saturated carbocycles. The second kappa shape index (κ2) is 4.50. The summed E-state index contributed by atoms with van der Waals surface area (Å²) in [6.07, 6.45) is 0. The number of hydrogen-bond acceptors (Lipinski definition) is 5. The molecule has 0 aliphatic heterocycles. The van der Waals surface area contributed by atoms with Gasteiger partial charge in [-0.1, -0.05) is 4.49 Å². The molecule has 17 heavy (non-hydrogen) atoms. The third kappa shape index (κ3) is 2.41. The zero-order valence-corrected chi connectivity index (χ0v) is 9.39. The lowest BCUT2D eigenvalue weighted by Gasteiger charge is -2.03. The molecule has 0 spiro atoms. The molecular formula is C9H6F2N4OS. The van der Waals surface area contributed by atoms with E-state index >= 15 is 0 Å². The molecule has 88 valence electrons. The van der Waals surface area contributed by atoms with Crippen molar-refractivity contribution in [2.45, 2.75) is 6.92 Å². The van der Waals surface area contributed by atoms with Gasteiger partial charge in [-0.3, -0.25) is 4.79 Å². The second-order valence-electron chi connectivity index (χ2n) is 3.11. The Morgan fingerprint density at radius 2 is 2.18 bits per heavy atom. The standard InChI is InChI=1S/C9H6F2N4OS/c1-4-7(17-15-14-4)9(16)12-5-2-3-6(10)13-8(5)11/h2-3H,1H3,(H,12,16). The molecule has 0 atom stereocenters. The Morgan fingerprint density at radius 3 is 2.76 bits per heavy atom. The van der Waals surface area contributed by atoms with E-state index in [1.54, 1.807) is 6.92 Å². The molecule has 1 N–H and O–H groups in total. The summed E-state index contributed by atoms with van der Waals surface area (Å²) in [6, 6.07) is 2.05. The van der Waals surface area contributed by atoms with Gasteiger partial charge < -0.3 is 5.32 Å². The van der Waals surface area contributed by atoms with Gasteiger partial charge in [-0.15, -0.1) is 5.10 Å². The summed E-state index contributed by atoms with van der Waals surface area (Å²) < 4.78 is 29.3. The summed E-state index contributed by atoms with van der Waals surface area (Å²) in [6.45, 7) is 1.61. The lowest BCUT2D eigenvalue weighted by Crippen LogP contribution is -2.13. The third-order valence-corrected chi connectivity index (χ3v) is 2.75. The Kier molecular flexibility index (Phi) is 3.05. The zero-order valence-electron chi connectivity index (χ0n) is 8.57. The first-order valence-electron chi connectivity index (χ1n) is 4.50. The van der Waals surface area contributed by atoms with Crippen LogP contribution in [0.15, 0.2) is 12.1 Å². The van der Waals surface area contributed by atoms with Crippen LogP contribution in [0.5, 0.6) is 0 Å². The van der Waals surface area contributed by atoms with E-state index in [1.165, 1.54) is 0 Å². The summed E-state index contributed by atoms with van der Waals surface area (Å²) in [5.74, 6) is -2.57. The van der Waals surface area contributed by atoms with Crippen molar-refractivity contribution >= 4 is 23.1 Å². The van der Waals surface area contributed by atoms with Crippen LogP contribution in [0.1, 0.15) is 15.4 Å². The fourth-order valence-electron chi connectivity index (χ4n) is 1.12. The minimum atomic E-state index is -1.08. The molecule has 0 aromatic carbocycles. The number of pyridine rings is 1. The van der Waals surface area contributed by atoms with Crippen LogP contribution >= 0.6 is 11.5 Å². The van der Waals surface area contributed by atoms with E-state index in [0.717, 1.165) is 23.7 Å². The minimum Gasteiger partial charge on any atom is -0.317 e. The van der Waals surface area contributed by atoms with E-state index in [1.807, 2.05) is 0 Å². The average Bonchev–Trinajstić information content (AvgIpc) is 2.68. The van der Waals surface area contributed by atoms with Crippen LogP contribution in [0.3, 0.4) is 0 Å². The predicted molar refractivity (Wildman–Crippen MR) is 56.8 cm³/mol. The van der Waals surface area contributed by atoms with Crippen LogP contribution in [0.2, 0.25) is 0 Å². The fraction of sp³-hybridized carbons (Fsp3) is 0.111. The first-order valence-corrected chi connectivity index (χ1v) is 5.27. The van der Waals surface area contributed by atoms with Gasteiger partial charge in [0.25, 0.3) is 5.91 Å². The predicted octanol–water partition coefficient (Wildman–Crippen LogP) is 1.77. The lowest BCUT2D eigenvalue weighted by molar-refractivity contribution is 0.102. The number of carbonyl (C=O) groups is 1. The number of anilines is 1. The molecule has 0 aliphatic rings. The van der Waals surface area contributed by atoms with Gasteiger partial charge in [-0.05, 0) is 30.6 Å². The summed E-state index contributed by atoms with van der Waals surface area (Å²) >= 11 is 0.896. The van der Waals surface area contributed by atoms with Crippen molar-refractivity contribution in [2.24, 2.45) is 0 Å². The van der Waals surface area contributed by atoms with Crippen LogP contribution in [0.25, 0.3) is 0 Å². The smallest absolute Gasteiger partial charge is 0.269 e.